The smallest absolute Gasteiger partial charge is 0.248 e. The first-order chi connectivity index (χ1) is 10.8. The summed E-state index contributed by atoms with van der Waals surface area (Å²) in [5.74, 6) is -0.451. The van der Waals surface area contributed by atoms with E-state index in [1.165, 1.54) is 6.26 Å². The summed E-state index contributed by atoms with van der Waals surface area (Å²) in [6, 6.07) is 6.63. The molecule has 2 aromatic rings. The lowest BCUT2D eigenvalue weighted by atomic mass is 10.1. The fourth-order valence-corrected chi connectivity index (χ4v) is 3.65. The lowest BCUT2D eigenvalue weighted by Crippen LogP contribution is -2.13. The van der Waals surface area contributed by atoms with Gasteiger partial charge in [0.2, 0.25) is 5.91 Å². The molecule has 0 fully saturated rings. The van der Waals surface area contributed by atoms with Gasteiger partial charge in [0, 0.05) is 11.1 Å². The van der Waals surface area contributed by atoms with Crippen molar-refractivity contribution in [1.29, 1.82) is 0 Å². The lowest BCUT2D eigenvalue weighted by Gasteiger charge is -2.06. The van der Waals surface area contributed by atoms with Crippen LogP contribution in [-0.4, -0.2) is 25.2 Å². The number of aryl methyl sites for hydroxylation is 1. The Morgan fingerprint density at radius 2 is 1.91 bits per heavy atom. The van der Waals surface area contributed by atoms with Crippen LogP contribution in [0.4, 0.5) is 0 Å². The Morgan fingerprint density at radius 3 is 2.48 bits per heavy atom. The first-order valence-electron chi connectivity index (χ1n) is 7.31. The Bertz CT molecular complexity index is 777. The summed E-state index contributed by atoms with van der Waals surface area (Å²) in [6.07, 6.45) is 1.78. The molecule has 23 heavy (non-hydrogen) atoms. The van der Waals surface area contributed by atoms with Gasteiger partial charge < -0.3 is 10.3 Å². The van der Waals surface area contributed by atoms with Crippen LogP contribution < -0.4 is 5.73 Å². The molecule has 2 N–H and O–H groups in total. The number of sulfone groups is 1. The second-order valence-corrected chi connectivity index (χ2v) is 7.97. The van der Waals surface area contributed by atoms with E-state index in [-0.39, 0.29) is 17.4 Å². The van der Waals surface area contributed by atoms with E-state index in [9.17, 15) is 13.2 Å². The van der Waals surface area contributed by atoms with Gasteiger partial charge in [0.15, 0.2) is 9.84 Å². The van der Waals surface area contributed by atoms with E-state index in [1.807, 2.05) is 13.8 Å². The quantitative estimate of drug-likeness (QED) is 0.833. The third kappa shape index (κ3) is 4.66. The molecule has 2 rings (SSSR count). The highest BCUT2D eigenvalue weighted by Gasteiger charge is 2.19. The minimum Gasteiger partial charge on any atom is -0.366 e. The van der Waals surface area contributed by atoms with Gasteiger partial charge in [-0.05, 0) is 30.0 Å². The highest BCUT2D eigenvalue weighted by molar-refractivity contribution is 7.90. The third-order valence-electron chi connectivity index (χ3n) is 3.54. The van der Waals surface area contributed by atoms with Gasteiger partial charge in [-0.1, -0.05) is 31.1 Å². The maximum Gasteiger partial charge on any atom is 0.248 e. The van der Waals surface area contributed by atoms with Gasteiger partial charge in [-0.3, -0.25) is 4.79 Å². The van der Waals surface area contributed by atoms with E-state index in [0.717, 1.165) is 5.56 Å². The summed E-state index contributed by atoms with van der Waals surface area (Å²) < 4.78 is 29.4. The highest BCUT2D eigenvalue weighted by Crippen LogP contribution is 2.20. The molecule has 0 saturated heterocycles. The van der Waals surface area contributed by atoms with Gasteiger partial charge in [0.1, 0.15) is 6.26 Å². The van der Waals surface area contributed by atoms with E-state index < -0.39 is 15.7 Å². The number of amides is 1. The molecule has 124 valence electrons. The first-order valence-corrected chi connectivity index (χ1v) is 9.13. The summed E-state index contributed by atoms with van der Waals surface area (Å²) >= 11 is 0. The van der Waals surface area contributed by atoms with Gasteiger partial charge in [-0.2, -0.15) is 0 Å². The van der Waals surface area contributed by atoms with E-state index >= 15 is 0 Å². The Morgan fingerprint density at radius 1 is 1.26 bits per heavy atom. The minimum atomic E-state index is -3.28. The number of hydrogen-bond acceptors (Lipinski definition) is 5. The molecule has 1 amide bonds. The van der Waals surface area contributed by atoms with Gasteiger partial charge >= 0.3 is 0 Å². The van der Waals surface area contributed by atoms with Crippen molar-refractivity contribution in [3.8, 4) is 0 Å². The Labute approximate surface area is 135 Å². The van der Waals surface area contributed by atoms with Crippen LogP contribution in [0.5, 0.6) is 0 Å². The number of rotatable bonds is 7. The predicted octanol–water partition coefficient (Wildman–Crippen LogP) is 2.05. The van der Waals surface area contributed by atoms with Crippen molar-refractivity contribution in [2.45, 2.75) is 31.9 Å². The van der Waals surface area contributed by atoms with Crippen molar-refractivity contribution < 1.29 is 17.7 Å². The Balaban J connectivity index is 2.01. The van der Waals surface area contributed by atoms with E-state index in [1.54, 1.807) is 24.3 Å². The standard InChI is InChI=1S/C16H20N2O4S/c1-11(2)15-14(9-22-18-15)10-23(20,21)8-7-12-3-5-13(6-4-12)16(17)19/h3-6,9,11H,7-8,10H2,1-2H3,(H2,17,19). The van der Waals surface area contributed by atoms with Gasteiger partial charge in [0.05, 0.1) is 17.2 Å². The first kappa shape index (κ1) is 17.2. The van der Waals surface area contributed by atoms with Crippen LogP contribution in [0, 0.1) is 0 Å². The molecule has 0 bridgehead atoms. The number of aromatic nitrogens is 1. The van der Waals surface area contributed by atoms with E-state index in [0.29, 0.717) is 23.2 Å². The average molecular weight is 336 g/mol. The zero-order valence-electron chi connectivity index (χ0n) is 13.2. The molecule has 7 heteroatoms. The molecule has 6 nitrogen and oxygen atoms in total. The molecule has 1 aromatic carbocycles. The number of primary amides is 1. The number of benzene rings is 1. The van der Waals surface area contributed by atoms with Crippen molar-refractivity contribution >= 4 is 15.7 Å². The average Bonchev–Trinajstić information content (AvgIpc) is 2.93. The molecular weight excluding hydrogens is 316 g/mol. The minimum absolute atomic E-state index is 0.0195. The maximum atomic E-state index is 12.3. The van der Waals surface area contributed by atoms with Crippen LogP contribution >= 0.6 is 0 Å². The van der Waals surface area contributed by atoms with Crippen LogP contribution in [0.25, 0.3) is 0 Å². The van der Waals surface area contributed by atoms with Crippen molar-refractivity contribution in [1.82, 2.24) is 5.16 Å². The lowest BCUT2D eigenvalue weighted by molar-refractivity contribution is 0.100. The second kappa shape index (κ2) is 6.95. The van der Waals surface area contributed by atoms with Crippen LogP contribution in [0.2, 0.25) is 0 Å². The van der Waals surface area contributed by atoms with Gasteiger partial charge in [-0.25, -0.2) is 8.42 Å². The van der Waals surface area contributed by atoms with Crippen LogP contribution in [0.1, 0.15) is 46.9 Å². The molecule has 0 aliphatic rings. The zero-order valence-corrected chi connectivity index (χ0v) is 14.0. The molecule has 0 spiro atoms. The molecule has 0 aliphatic carbocycles. The van der Waals surface area contributed by atoms with E-state index in [4.69, 9.17) is 10.3 Å². The number of carbonyl (C=O) groups excluding carboxylic acids is 1. The van der Waals surface area contributed by atoms with Gasteiger partial charge in [-0.15, -0.1) is 0 Å². The fourth-order valence-electron chi connectivity index (χ4n) is 2.27. The van der Waals surface area contributed by atoms with Crippen LogP contribution in [-0.2, 0) is 22.0 Å². The molecule has 0 radical (unpaired) electrons. The molecule has 0 unspecified atom stereocenters. The number of nitrogens with two attached hydrogens (primary N) is 1. The molecule has 1 aromatic heterocycles. The number of hydrogen-bond donors (Lipinski definition) is 1. The van der Waals surface area contributed by atoms with E-state index in [2.05, 4.69) is 5.16 Å². The zero-order chi connectivity index (χ0) is 17.0. The normalized spacial score (nSPS) is 11.8. The van der Waals surface area contributed by atoms with Crippen molar-refractivity contribution in [2.75, 3.05) is 5.75 Å². The predicted molar refractivity (Wildman–Crippen MR) is 86.7 cm³/mol. The summed E-state index contributed by atoms with van der Waals surface area (Å²) in [7, 11) is -3.28. The second-order valence-electron chi connectivity index (χ2n) is 5.78. The summed E-state index contributed by atoms with van der Waals surface area (Å²) in [5.41, 5.74) is 7.71. The molecular formula is C16H20N2O4S. The molecule has 0 saturated carbocycles. The fraction of sp³-hybridized carbons (Fsp3) is 0.375. The number of nitrogens with zero attached hydrogens (tertiary/aromatic N) is 1. The van der Waals surface area contributed by atoms with Crippen LogP contribution in [0.15, 0.2) is 35.1 Å². The maximum absolute atomic E-state index is 12.3. The Kier molecular flexibility index (Phi) is 5.20. The summed E-state index contributed by atoms with van der Waals surface area (Å²) in [5, 5.41) is 3.86. The van der Waals surface area contributed by atoms with Crippen LogP contribution in [0.3, 0.4) is 0 Å². The van der Waals surface area contributed by atoms with Crippen molar-refractivity contribution in [3.05, 3.63) is 52.9 Å². The monoisotopic (exact) mass is 336 g/mol. The molecule has 0 atom stereocenters. The van der Waals surface area contributed by atoms with Gasteiger partial charge in [0.25, 0.3) is 0 Å². The highest BCUT2D eigenvalue weighted by atomic mass is 32.2. The molecule has 0 aliphatic heterocycles. The van der Waals surface area contributed by atoms with Crippen molar-refractivity contribution in [3.63, 3.8) is 0 Å². The summed E-state index contributed by atoms with van der Waals surface area (Å²) in [6.45, 7) is 3.88. The Hall–Kier alpha value is -2.15. The van der Waals surface area contributed by atoms with Crippen molar-refractivity contribution in [2.24, 2.45) is 5.73 Å². The number of carbonyl (C=O) groups is 1. The molecule has 1 heterocycles. The largest absolute Gasteiger partial charge is 0.366 e. The summed E-state index contributed by atoms with van der Waals surface area (Å²) in [4.78, 5) is 11.0. The topological polar surface area (TPSA) is 103 Å². The third-order valence-corrected chi connectivity index (χ3v) is 5.11. The SMILES string of the molecule is CC(C)c1nocc1CS(=O)(=O)CCc1ccc(C(N)=O)cc1.